The van der Waals surface area contributed by atoms with E-state index < -0.39 is 66.0 Å². The molecule has 0 aromatic heterocycles. The predicted octanol–water partition coefficient (Wildman–Crippen LogP) is 2.93. The summed E-state index contributed by atoms with van der Waals surface area (Å²) in [6.45, 7) is 8.49. The molecule has 0 radical (unpaired) electrons. The molecule has 1 aliphatic heterocycles. The molecule has 2 atom stereocenters. The molecule has 1 fully saturated rings. The van der Waals surface area contributed by atoms with E-state index in [1.807, 2.05) is 0 Å². The second-order valence-corrected chi connectivity index (χ2v) is 12.1. The number of hydrogen-bond acceptors (Lipinski definition) is 17. The molecule has 0 aromatic rings. The van der Waals surface area contributed by atoms with E-state index in [1.165, 1.54) is 6.92 Å². The average Bonchev–Trinajstić information content (AvgIpc) is 3.30. The molecule has 18 nitrogen and oxygen atoms in total. The minimum absolute atomic E-state index is 0.00551. The lowest BCUT2D eigenvalue weighted by atomic mass is 10.2. The van der Waals surface area contributed by atoms with E-state index in [4.69, 9.17) is 10.2 Å². The fourth-order valence-corrected chi connectivity index (χ4v) is 3.26. The van der Waals surface area contributed by atoms with Crippen molar-refractivity contribution < 1.29 is 81.9 Å². The number of thioether (sulfide) groups is 1. The first-order valence-electron chi connectivity index (χ1n) is 14.2. The molecule has 2 N–H and O–H groups in total. The lowest BCUT2D eigenvalue weighted by Gasteiger charge is -2.12. The van der Waals surface area contributed by atoms with Crippen molar-refractivity contribution in [3.63, 3.8) is 0 Å². The first-order valence-corrected chi connectivity index (χ1v) is 15.6. The van der Waals surface area contributed by atoms with Gasteiger partial charge in [0.2, 0.25) is 13.6 Å². The molecule has 272 valence electrons. The Bertz CT molecular complexity index is 1150. The Morgan fingerprint density at radius 2 is 1.10 bits per heavy atom. The second-order valence-electron chi connectivity index (χ2n) is 10.1. The summed E-state index contributed by atoms with van der Waals surface area (Å²) in [5.41, 5.74) is 0. The number of ether oxygens (including phenoxy) is 4. The summed E-state index contributed by atoms with van der Waals surface area (Å²) in [7, 11) is 0. The number of amides is 2. The van der Waals surface area contributed by atoms with Gasteiger partial charge in [0.25, 0.3) is 11.8 Å². The number of imide groups is 1. The van der Waals surface area contributed by atoms with Crippen LogP contribution in [-0.2, 0) is 62.1 Å². The standard InChI is InChI=1S/C12H18O7S.C10H13NO7.C6H10O3S/c1-7(2)11(16)18-6-19-12(17)20-8(3)9(13)4-5-10(14)15;1-6(2)9(14)16-5-17-10(15)18-11-7(12)3-4-8(11)13;1-4(10)5(7)2-3-6(8)9/h7-8H,4-6H2,1-3H3,(H,14,15);6H,3-5H2,1-2H3;4,10H,2-3H2,1H3,(H,8,9). The van der Waals surface area contributed by atoms with E-state index in [1.54, 1.807) is 34.6 Å². The normalized spacial score (nSPS) is 13.1. The Hall–Kier alpha value is -4.20. The van der Waals surface area contributed by atoms with Gasteiger partial charge in [0.05, 0.1) is 35.2 Å². The minimum Gasteiger partial charge on any atom is -0.481 e. The Balaban J connectivity index is 0. The highest BCUT2D eigenvalue weighted by atomic mass is 32.2. The lowest BCUT2D eigenvalue weighted by Crippen LogP contribution is -2.32. The van der Waals surface area contributed by atoms with Crippen LogP contribution in [0.5, 0.6) is 0 Å². The number of nitrogens with zero attached hydrogens (tertiary/aromatic N) is 1. The van der Waals surface area contributed by atoms with E-state index in [0.717, 1.165) is 0 Å². The zero-order chi connectivity index (χ0) is 37.6. The highest BCUT2D eigenvalue weighted by molar-refractivity contribution is 8.14. The predicted molar refractivity (Wildman–Crippen MR) is 166 cm³/mol. The summed E-state index contributed by atoms with van der Waals surface area (Å²) in [6.07, 6.45) is -1.72. The van der Waals surface area contributed by atoms with Crippen LogP contribution in [0.25, 0.3) is 0 Å². The maximum atomic E-state index is 11.5. The molecule has 2 unspecified atom stereocenters. The SMILES string of the molecule is CC(C)C(=O)OCOC(=O)ON1C(=O)CCC1=O.CC(C)C(=O)OCOC(=O)SC(C)C(=O)CCC(=O)O.CC(S)C(=O)CCC(=O)O. The smallest absolute Gasteiger partial charge is 0.481 e. The van der Waals surface area contributed by atoms with Gasteiger partial charge < -0.3 is 29.2 Å². The average molecular weight is 728 g/mol. The van der Waals surface area contributed by atoms with Crippen LogP contribution < -0.4 is 0 Å². The summed E-state index contributed by atoms with van der Waals surface area (Å²) in [5, 5.41) is 15.1. The van der Waals surface area contributed by atoms with Gasteiger partial charge in [-0.05, 0) is 25.6 Å². The summed E-state index contributed by atoms with van der Waals surface area (Å²) in [6, 6.07) is 0. The molecule has 0 bridgehead atoms. The van der Waals surface area contributed by atoms with Crippen molar-refractivity contribution >= 4 is 83.1 Å². The number of Topliss-reactive ketones (excluding diaryl/α,β-unsaturated/α-hetero) is 2. The third-order valence-electron chi connectivity index (χ3n) is 5.23. The number of ketones is 2. The molecule has 1 aliphatic rings. The van der Waals surface area contributed by atoms with Gasteiger partial charge in [0.15, 0.2) is 0 Å². The van der Waals surface area contributed by atoms with Gasteiger partial charge in [0.1, 0.15) is 11.6 Å². The number of carboxylic acids is 2. The second kappa shape index (κ2) is 24.9. The van der Waals surface area contributed by atoms with Crippen molar-refractivity contribution in [2.45, 2.75) is 90.6 Å². The van der Waals surface area contributed by atoms with Crippen LogP contribution >= 0.6 is 24.4 Å². The highest BCUT2D eigenvalue weighted by Crippen LogP contribution is 2.17. The van der Waals surface area contributed by atoms with Crippen molar-refractivity contribution in [1.82, 2.24) is 5.06 Å². The van der Waals surface area contributed by atoms with E-state index in [2.05, 4.69) is 36.4 Å². The number of hydrogen-bond donors (Lipinski definition) is 3. The van der Waals surface area contributed by atoms with Crippen molar-refractivity contribution in [2.75, 3.05) is 13.6 Å². The van der Waals surface area contributed by atoms with Crippen LogP contribution in [0.15, 0.2) is 0 Å². The van der Waals surface area contributed by atoms with Gasteiger partial charge in [-0.2, -0.15) is 12.6 Å². The summed E-state index contributed by atoms with van der Waals surface area (Å²) in [4.78, 5) is 113. The Morgan fingerprint density at radius 3 is 1.50 bits per heavy atom. The van der Waals surface area contributed by atoms with E-state index >= 15 is 0 Å². The van der Waals surface area contributed by atoms with Crippen molar-refractivity contribution in [1.29, 1.82) is 0 Å². The summed E-state index contributed by atoms with van der Waals surface area (Å²) in [5.74, 6) is -5.43. The fourth-order valence-electron chi connectivity index (χ4n) is 2.48. The number of aliphatic carboxylic acids is 2. The molecule has 2 amide bonds. The van der Waals surface area contributed by atoms with Crippen molar-refractivity contribution in [3.8, 4) is 0 Å². The van der Waals surface area contributed by atoms with Crippen LogP contribution in [0.2, 0.25) is 0 Å². The van der Waals surface area contributed by atoms with Crippen LogP contribution in [0.4, 0.5) is 9.59 Å². The number of thiol groups is 1. The van der Waals surface area contributed by atoms with Crippen molar-refractivity contribution in [3.05, 3.63) is 0 Å². The zero-order valence-electron chi connectivity index (χ0n) is 27.3. The largest absolute Gasteiger partial charge is 0.536 e. The number of hydroxylamine groups is 2. The topological polar surface area (TPSA) is 261 Å². The van der Waals surface area contributed by atoms with Gasteiger partial charge in [-0.15, -0.1) is 0 Å². The van der Waals surface area contributed by atoms with Crippen LogP contribution in [0, 0.1) is 11.8 Å². The van der Waals surface area contributed by atoms with Gasteiger partial charge in [-0.25, -0.2) is 9.59 Å². The number of carboxylic acid groups (broad SMARTS) is 2. The fraction of sp³-hybridized carbons (Fsp3) is 0.643. The third-order valence-corrected chi connectivity index (χ3v) is 6.45. The van der Waals surface area contributed by atoms with Crippen LogP contribution in [0.3, 0.4) is 0 Å². The molecule has 1 rings (SSSR count). The molecule has 0 aliphatic carbocycles. The molecule has 1 heterocycles. The van der Waals surface area contributed by atoms with E-state index in [-0.39, 0.29) is 67.2 Å². The zero-order valence-corrected chi connectivity index (χ0v) is 29.0. The molecule has 0 aromatic carbocycles. The summed E-state index contributed by atoms with van der Waals surface area (Å²) < 4.78 is 18.2. The Kier molecular flexibility index (Phi) is 23.8. The third kappa shape index (κ3) is 23.2. The van der Waals surface area contributed by atoms with E-state index in [9.17, 15) is 47.9 Å². The van der Waals surface area contributed by atoms with Gasteiger partial charge in [-0.3, -0.25) is 43.2 Å². The molecule has 0 spiro atoms. The number of carbonyl (C=O) groups excluding carboxylic acids is 8. The van der Waals surface area contributed by atoms with Gasteiger partial charge in [-0.1, -0.05) is 32.8 Å². The van der Waals surface area contributed by atoms with Crippen molar-refractivity contribution in [2.24, 2.45) is 11.8 Å². The number of carbonyl (C=O) groups is 10. The quantitative estimate of drug-likeness (QED) is 0.0893. The molecule has 1 saturated heterocycles. The van der Waals surface area contributed by atoms with Gasteiger partial charge in [0, 0.05) is 25.7 Å². The molecular formula is C28H41NO17S2. The monoisotopic (exact) mass is 727 g/mol. The maximum absolute atomic E-state index is 11.5. The minimum atomic E-state index is -1.28. The Labute approximate surface area is 285 Å². The van der Waals surface area contributed by atoms with E-state index in [0.29, 0.717) is 16.8 Å². The first kappa shape index (κ1) is 45.9. The lowest BCUT2D eigenvalue weighted by molar-refractivity contribution is -0.183. The van der Waals surface area contributed by atoms with Gasteiger partial charge >= 0.3 is 35.3 Å². The summed E-state index contributed by atoms with van der Waals surface area (Å²) >= 11 is 4.48. The molecular weight excluding hydrogens is 686 g/mol. The number of esters is 2. The molecule has 20 heteroatoms. The van der Waals surface area contributed by atoms with Crippen LogP contribution in [0.1, 0.15) is 80.1 Å². The molecule has 48 heavy (non-hydrogen) atoms. The first-order chi connectivity index (χ1) is 22.2. The maximum Gasteiger partial charge on any atom is 0.536 e. The highest BCUT2D eigenvalue weighted by Gasteiger charge is 2.33. The molecule has 0 saturated carbocycles. The van der Waals surface area contributed by atoms with Crippen LogP contribution in [-0.4, -0.2) is 98.1 Å². The number of rotatable bonds is 16. The Morgan fingerprint density at radius 1 is 0.688 bits per heavy atom.